The molecular weight excluding hydrogens is 726 g/mol. The van der Waals surface area contributed by atoms with Crippen molar-refractivity contribution in [3.05, 3.63) is 59.7 Å². The third kappa shape index (κ3) is 21.9. The van der Waals surface area contributed by atoms with Crippen LogP contribution >= 0.6 is 0 Å². The van der Waals surface area contributed by atoms with Crippen molar-refractivity contribution in [2.45, 2.75) is 44.9 Å². The number of carbonyl (C=O) groups is 2. The fourth-order valence-corrected chi connectivity index (χ4v) is 5.72. The number of unbranched alkanes of at least 4 members (excludes halogenated alkanes) is 3. The molecular formula is C42H65NO13. The van der Waals surface area contributed by atoms with Crippen molar-refractivity contribution in [3.8, 4) is 11.1 Å². The third-order valence-electron chi connectivity index (χ3n) is 8.56. The van der Waals surface area contributed by atoms with Gasteiger partial charge in [-0.3, -0.25) is 4.79 Å². The number of ether oxygens (including phenoxy) is 11. The molecule has 0 saturated carbocycles. The summed E-state index contributed by atoms with van der Waals surface area (Å²) in [6.07, 6.45) is 4.28. The number of fused-ring (bicyclic) bond motifs is 3. The third-order valence-corrected chi connectivity index (χ3v) is 8.56. The van der Waals surface area contributed by atoms with Gasteiger partial charge in [-0.25, -0.2) is 4.79 Å². The lowest BCUT2D eigenvalue weighted by molar-refractivity contribution is -0.145. The van der Waals surface area contributed by atoms with Crippen molar-refractivity contribution >= 4 is 12.1 Å². The zero-order valence-corrected chi connectivity index (χ0v) is 33.4. The van der Waals surface area contributed by atoms with Crippen molar-refractivity contribution in [3.63, 3.8) is 0 Å². The molecule has 14 nitrogen and oxygen atoms in total. The van der Waals surface area contributed by atoms with Gasteiger partial charge in [0.1, 0.15) is 13.2 Å². The first-order valence-corrected chi connectivity index (χ1v) is 20.1. The van der Waals surface area contributed by atoms with Crippen LogP contribution < -0.4 is 5.32 Å². The summed E-state index contributed by atoms with van der Waals surface area (Å²) in [5.74, 6) is -0.122. The molecule has 1 aliphatic rings. The van der Waals surface area contributed by atoms with E-state index in [4.69, 9.17) is 52.1 Å². The highest BCUT2D eigenvalue weighted by atomic mass is 16.6. The van der Waals surface area contributed by atoms with E-state index in [1.54, 1.807) is 0 Å². The molecule has 0 bridgehead atoms. The molecule has 2 aromatic rings. The quantitative estimate of drug-likeness (QED) is 0.0708. The Kier molecular flexibility index (Phi) is 27.7. The second kappa shape index (κ2) is 32.9. The zero-order valence-electron chi connectivity index (χ0n) is 33.4. The maximum atomic E-state index is 12.2. The largest absolute Gasteiger partial charge is 0.463 e. The molecule has 3 rings (SSSR count). The number of nitrogens with one attached hydrogen (secondary N) is 1. The van der Waals surface area contributed by atoms with Gasteiger partial charge in [-0.2, -0.15) is 0 Å². The normalized spacial score (nSPS) is 12.1. The Labute approximate surface area is 333 Å². The van der Waals surface area contributed by atoms with Gasteiger partial charge in [0, 0.05) is 18.9 Å². The van der Waals surface area contributed by atoms with Crippen LogP contribution in [0.3, 0.4) is 0 Å². The molecule has 0 aromatic heterocycles. The Balaban J connectivity index is 0.946. The number of hydrogen-bond acceptors (Lipinski definition) is 13. The number of amides is 1. The minimum absolute atomic E-state index is 0.0344. The Morgan fingerprint density at radius 2 is 0.875 bits per heavy atom. The van der Waals surface area contributed by atoms with Gasteiger partial charge >= 0.3 is 12.1 Å². The molecule has 2 aromatic carbocycles. The fourth-order valence-electron chi connectivity index (χ4n) is 5.72. The summed E-state index contributed by atoms with van der Waals surface area (Å²) in [6, 6.07) is 16.5. The van der Waals surface area contributed by atoms with E-state index in [0.717, 1.165) is 25.7 Å². The molecule has 0 fully saturated rings. The first-order valence-electron chi connectivity index (χ1n) is 20.1. The number of benzene rings is 2. The van der Waals surface area contributed by atoms with E-state index in [2.05, 4.69) is 36.5 Å². The van der Waals surface area contributed by atoms with Crippen LogP contribution in [0.5, 0.6) is 0 Å². The lowest BCUT2D eigenvalue weighted by Gasteiger charge is -2.14. The van der Waals surface area contributed by atoms with Gasteiger partial charge in [0.15, 0.2) is 0 Å². The van der Waals surface area contributed by atoms with Crippen molar-refractivity contribution < 1.29 is 61.7 Å². The fraction of sp³-hybridized carbons (Fsp3) is 0.667. The first kappa shape index (κ1) is 47.2. The second-order valence-corrected chi connectivity index (χ2v) is 12.8. The van der Waals surface area contributed by atoms with Crippen LogP contribution in [0.15, 0.2) is 48.5 Å². The molecule has 0 spiro atoms. The summed E-state index contributed by atoms with van der Waals surface area (Å²) < 4.78 is 60.1. The van der Waals surface area contributed by atoms with Crippen LogP contribution in [0.25, 0.3) is 11.1 Å². The highest BCUT2D eigenvalue weighted by Gasteiger charge is 2.29. The molecule has 0 radical (unpaired) electrons. The van der Waals surface area contributed by atoms with Crippen LogP contribution in [0, 0.1) is 0 Å². The molecule has 1 aliphatic carbocycles. The summed E-state index contributed by atoms with van der Waals surface area (Å²) in [7, 11) is 0. The van der Waals surface area contributed by atoms with Gasteiger partial charge < -0.3 is 57.4 Å². The minimum atomic E-state index is -0.455. The average Bonchev–Trinajstić information content (AvgIpc) is 3.54. The molecule has 1 N–H and O–H groups in total. The molecule has 0 aliphatic heterocycles. The number of esters is 1. The second-order valence-electron chi connectivity index (χ2n) is 12.8. The number of rotatable bonds is 37. The van der Waals surface area contributed by atoms with E-state index in [9.17, 15) is 9.59 Å². The predicted octanol–water partition coefficient (Wildman–Crippen LogP) is 5.19. The Morgan fingerprint density at radius 1 is 0.482 bits per heavy atom. The maximum absolute atomic E-state index is 12.2. The van der Waals surface area contributed by atoms with E-state index in [-0.39, 0.29) is 25.1 Å². The van der Waals surface area contributed by atoms with E-state index in [0.29, 0.717) is 132 Å². The van der Waals surface area contributed by atoms with E-state index >= 15 is 0 Å². The number of alkyl carbamates (subject to hydrolysis) is 1. The lowest BCUT2D eigenvalue weighted by Crippen LogP contribution is -2.29. The summed E-state index contributed by atoms with van der Waals surface area (Å²) in [4.78, 5) is 23.8. The molecule has 0 heterocycles. The van der Waals surface area contributed by atoms with Crippen LogP contribution in [0.4, 0.5) is 4.79 Å². The summed E-state index contributed by atoms with van der Waals surface area (Å²) >= 11 is 0. The van der Waals surface area contributed by atoms with Gasteiger partial charge in [0.2, 0.25) is 0 Å². The predicted molar refractivity (Wildman–Crippen MR) is 210 cm³/mol. The van der Waals surface area contributed by atoms with Crippen molar-refractivity contribution in [2.75, 3.05) is 139 Å². The van der Waals surface area contributed by atoms with Gasteiger partial charge in [-0.1, -0.05) is 74.7 Å². The van der Waals surface area contributed by atoms with Gasteiger partial charge in [0.05, 0.1) is 119 Å². The summed E-state index contributed by atoms with van der Waals surface area (Å²) in [5.41, 5.74) is 4.77. The van der Waals surface area contributed by atoms with Gasteiger partial charge in [-0.15, -0.1) is 0 Å². The summed E-state index contributed by atoms with van der Waals surface area (Å²) in [6.45, 7) is 11.3. The molecule has 316 valence electrons. The molecule has 0 atom stereocenters. The first-order chi connectivity index (χ1) is 27.7. The van der Waals surface area contributed by atoms with E-state index < -0.39 is 6.09 Å². The smallest absolute Gasteiger partial charge is 0.407 e. The number of carbonyl (C=O) groups excluding carboxylic acids is 2. The Hall–Kier alpha value is -3.18. The van der Waals surface area contributed by atoms with Crippen LogP contribution in [0.2, 0.25) is 0 Å². The van der Waals surface area contributed by atoms with E-state index in [1.165, 1.54) is 22.3 Å². The van der Waals surface area contributed by atoms with Gasteiger partial charge in [-0.05, 0) is 28.7 Å². The standard InChI is InChI=1S/C42H65NO13/c1-2-3-4-5-14-41(44)55-34-33-54-32-31-53-30-29-52-28-27-51-26-25-50-24-23-49-22-21-48-20-19-47-18-17-46-16-15-43-42(45)56-35-40-38-12-8-6-10-36(38)37-11-7-9-13-39(37)40/h6-13,40H,2-5,14-35H2,1H3,(H,43,45). The SMILES string of the molecule is CCCCCCC(=O)OCCOCCOCCOCCOCCOCCOCCOCCOCCOCCNC(=O)OCC1c2ccccc2-c2ccccc21. The molecule has 0 unspecified atom stereocenters. The lowest BCUT2D eigenvalue weighted by atomic mass is 9.98. The monoisotopic (exact) mass is 791 g/mol. The van der Waals surface area contributed by atoms with Gasteiger partial charge in [0.25, 0.3) is 0 Å². The topological polar surface area (TPSA) is 148 Å². The Morgan fingerprint density at radius 3 is 1.30 bits per heavy atom. The molecule has 14 heteroatoms. The summed E-state index contributed by atoms with van der Waals surface area (Å²) in [5, 5.41) is 2.74. The zero-order chi connectivity index (χ0) is 39.6. The number of hydrogen-bond donors (Lipinski definition) is 1. The Bertz CT molecular complexity index is 1240. The van der Waals surface area contributed by atoms with Crippen LogP contribution in [0.1, 0.15) is 56.1 Å². The average molecular weight is 792 g/mol. The molecule has 56 heavy (non-hydrogen) atoms. The van der Waals surface area contributed by atoms with Crippen LogP contribution in [-0.4, -0.2) is 151 Å². The highest BCUT2D eigenvalue weighted by Crippen LogP contribution is 2.44. The van der Waals surface area contributed by atoms with Crippen molar-refractivity contribution in [2.24, 2.45) is 0 Å². The van der Waals surface area contributed by atoms with Crippen molar-refractivity contribution in [1.82, 2.24) is 5.32 Å². The van der Waals surface area contributed by atoms with E-state index in [1.807, 2.05) is 24.3 Å². The minimum Gasteiger partial charge on any atom is -0.463 e. The molecule has 1 amide bonds. The van der Waals surface area contributed by atoms with Crippen molar-refractivity contribution in [1.29, 1.82) is 0 Å². The van der Waals surface area contributed by atoms with Crippen LogP contribution in [-0.2, 0) is 56.9 Å². The maximum Gasteiger partial charge on any atom is 0.407 e. The highest BCUT2D eigenvalue weighted by molar-refractivity contribution is 5.79. The molecule has 0 saturated heterocycles.